The standard InChI is InChI=1S/C14H16BrN3OS/c1-3-16-8-10-4-5-12(11(15)7-10)20-14-17-9(2)6-13(19)18-14/h4-7,16H,3,8H2,1-2H3,(H,17,18,19). The normalized spacial score (nSPS) is 10.8. The Balaban J connectivity index is 2.19. The summed E-state index contributed by atoms with van der Waals surface area (Å²) in [5, 5.41) is 3.89. The number of aromatic nitrogens is 2. The molecule has 0 atom stereocenters. The van der Waals surface area contributed by atoms with E-state index < -0.39 is 0 Å². The van der Waals surface area contributed by atoms with Crippen molar-refractivity contribution in [3.8, 4) is 0 Å². The van der Waals surface area contributed by atoms with Crippen molar-refractivity contribution in [3.05, 3.63) is 50.3 Å². The van der Waals surface area contributed by atoms with Gasteiger partial charge in [0.2, 0.25) is 0 Å². The molecule has 0 radical (unpaired) electrons. The molecule has 2 N–H and O–H groups in total. The van der Waals surface area contributed by atoms with Crippen LogP contribution in [0, 0.1) is 6.92 Å². The summed E-state index contributed by atoms with van der Waals surface area (Å²) in [6.07, 6.45) is 0. The Kier molecular flexibility index (Phi) is 5.39. The van der Waals surface area contributed by atoms with Crippen molar-refractivity contribution in [2.24, 2.45) is 0 Å². The molecule has 0 aliphatic heterocycles. The van der Waals surface area contributed by atoms with Crippen LogP contribution in [0.15, 0.2) is 43.6 Å². The first-order valence-electron chi connectivity index (χ1n) is 6.33. The molecule has 4 nitrogen and oxygen atoms in total. The van der Waals surface area contributed by atoms with Crippen LogP contribution in [0.4, 0.5) is 0 Å². The van der Waals surface area contributed by atoms with E-state index in [0.717, 1.165) is 28.2 Å². The number of halogens is 1. The van der Waals surface area contributed by atoms with Gasteiger partial charge in [-0.2, -0.15) is 0 Å². The highest BCUT2D eigenvalue weighted by Crippen LogP contribution is 2.31. The Morgan fingerprint density at radius 2 is 2.20 bits per heavy atom. The second-order valence-electron chi connectivity index (χ2n) is 4.34. The molecular weight excluding hydrogens is 338 g/mol. The van der Waals surface area contributed by atoms with Gasteiger partial charge in [0.1, 0.15) is 0 Å². The molecule has 0 fully saturated rings. The van der Waals surface area contributed by atoms with Crippen molar-refractivity contribution >= 4 is 27.7 Å². The summed E-state index contributed by atoms with van der Waals surface area (Å²) in [7, 11) is 0. The fourth-order valence-electron chi connectivity index (χ4n) is 1.71. The van der Waals surface area contributed by atoms with Gasteiger partial charge < -0.3 is 10.3 Å². The maximum Gasteiger partial charge on any atom is 0.251 e. The largest absolute Gasteiger partial charge is 0.313 e. The minimum absolute atomic E-state index is 0.125. The van der Waals surface area contributed by atoms with Gasteiger partial charge in [-0.3, -0.25) is 4.79 Å². The molecule has 1 heterocycles. The molecule has 2 rings (SSSR count). The van der Waals surface area contributed by atoms with Crippen LogP contribution in [0.5, 0.6) is 0 Å². The molecule has 1 aromatic heterocycles. The van der Waals surface area contributed by atoms with Gasteiger partial charge in [0.15, 0.2) is 5.16 Å². The molecule has 106 valence electrons. The van der Waals surface area contributed by atoms with Gasteiger partial charge in [-0.25, -0.2) is 4.98 Å². The Hall–Kier alpha value is -1.11. The minimum Gasteiger partial charge on any atom is -0.313 e. The van der Waals surface area contributed by atoms with E-state index in [-0.39, 0.29) is 5.56 Å². The smallest absolute Gasteiger partial charge is 0.251 e. The van der Waals surface area contributed by atoms with Crippen LogP contribution < -0.4 is 10.9 Å². The van der Waals surface area contributed by atoms with Crippen LogP contribution in [0.2, 0.25) is 0 Å². The second-order valence-corrected chi connectivity index (χ2v) is 6.22. The molecule has 0 saturated carbocycles. The summed E-state index contributed by atoms with van der Waals surface area (Å²) in [6.45, 7) is 5.69. The van der Waals surface area contributed by atoms with Crippen molar-refractivity contribution in [1.29, 1.82) is 0 Å². The van der Waals surface area contributed by atoms with Crippen LogP contribution in [-0.4, -0.2) is 16.5 Å². The zero-order chi connectivity index (χ0) is 14.5. The lowest BCUT2D eigenvalue weighted by molar-refractivity contribution is 0.726. The van der Waals surface area contributed by atoms with Crippen LogP contribution in [-0.2, 0) is 6.54 Å². The van der Waals surface area contributed by atoms with Gasteiger partial charge in [-0.15, -0.1) is 0 Å². The van der Waals surface area contributed by atoms with E-state index in [0.29, 0.717) is 5.16 Å². The van der Waals surface area contributed by atoms with E-state index in [1.165, 1.54) is 23.4 Å². The highest BCUT2D eigenvalue weighted by molar-refractivity contribution is 9.10. The highest BCUT2D eigenvalue weighted by atomic mass is 79.9. The zero-order valence-electron chi connectivity index (χ0n) is 11.4. The van der Waals surface area contributed by atoms with Gasteiger partial charge in [0, 0.05) is 27.7 Å². The summed E-state index contributed by atoms with van der Waals surface area (Å²) in [6, 6.07) is 7.67. The van der Waals surface area contributed by atoms with Gasteiger partial charge in [-0.1, -0.05) is 24.8 Å². The predicted molar refractivity (Wildman–Crippen MR) is 85.2 cm³/mol. The third-order valence-corrected chi connectivity index (χ3v) is 4.51. The Morgan fingerprint density at radius 1 is 1.40 bits per heavy atom. The van der Waals surface area contributed by atoms with Gasteiger partial charge in [0.25, 0.3) is 5.56 Å². The zero-order valence-corrected chi connectivity index (χ0v) is 13.8. The molecule has 2 aromatic rings. The highest BCUT2D eigenvalue weighted by Gasteiger charge is 2.06. The van der Waals surface area contributed by atoms with E-state index in [9.17, 15) is 4.79 Å². The van der Waals surface area contributed by atoms with Crippen molar-refractivity contribution in [3.63, 3.8) is 0 Å². The van der Waals surface area contributed by atoms with E-state index in [2.05, 4.69) is 50.3 Å². The van der Waals surface area contributed by atoms with Crippen LogP contribution >= 0.6 is 27.7 Å². The Labute approximate surface area is 130 Å². The van der Waals surface area contributed by atoms with Gasteiger partial charge in [0.05, 0.1) is 0 Å². The fourth-order valence-corrected chi connectivity index (χ4v) is 3.22. The van der Waals surface area contributed by atoms with Crippen molar-refractivity contribution < 1.29 is 0 Å². The number of rotatable bonds is 5. The third-order valence-electron chi connectivity index (χ3n) is 2.63. The lowest BCUT2D eigenvalue weighted by atomic mass is 10.2. The molecular formula is C14H16BrN3OS. The third kappa shape index (κ3) is 4.19. The van der Waals surface area contributed by atoms with Crippen molar-refractivity contribution in [2.75, 3.05) is 6.54 Å². The van der Waals surface area contributed by atoms with Crippen LogP contribution in [0.1, 0.15) is 18.2 Å². The molecule has 0 aliphatic carbocycles. The molecule has 0 aliphatic rings. The van der Waals surface area contributed by atoms with Crippen molar-refractivity contribution in [1.82, 2.24) is 15.3 Å². The van der Waals surface area contributed by atoms with E-state index in [1.807, 2.05) is 13.0 Å². The first kappa shape index (κ1) is 15.3. The number of aryl methyl sites for hydroxylation is 1. The van der Waals surface area contributed by atoms with Crippen LogP contribution in [0.25, 0.3) is 0 Å². The second kappa shape index (κ2) is 7.06. The lowest BCUT2D eigenvalue weighted by Crippen LogP contribution is -2.11. The minimum atomic E-state index is -0.125. The molecule has 0 spiro atoms. The topological polar surface area (TPSA) is 57.8 Å². The molecule has 0 unspecified atom stereocenters. The average Bonchev–Trinajstić information content (AvgIpc) is 2.38. The van der Waals surface area contributed by atoms with Gasteiger partial charge in [-0.05, 0) is 47.1 Å². The summed E-state index contributed by atoms with van der Waals surface area (Å²) in [4.78, 5) is 19.5. The first-order valence-corrected chi connectivity index (χ1v) is 7.94. The lowest BCUT2D eigenvalue weighted by Gasteiger charge is -2.07. The molecule has 0 bridgehead atoms. The first-order chi connectivity index (χ1) is 9.58. The molecule has 0 saturated heterocycles. The Morgan fingerprint density at radius 3 is 2.85 bits per heavy atom. The summed E-state index contributed by atoms with van der Waals surface area (Å²) >= 11 is 5.01. The summed E-state index contributed by atoms with van der Waals surface area (Å²) in [5.74, 6) is 0. The molecule has 0 amide bonds. The van der Waals surface area contributed by atoms with E-state index >= 15 is 0 Å². The average molecular weight is 354 g/mol. The molecule has 1 aromatic carbocycles. The van der Waals surface area contributed by atoms with E-state index in [4.69, 9.17) is 0 Å². The number of hydrogen-bond acceptors (Lipinski definition) is 4. The van der Waals surface area contributed by atoms with Crippen molar-refractivity contribution in [2.45, 2.75) is 30.4 Å². The number of hydrogen-bond donors (Lipinski definition) is 2. The van der Waals surface area contributed by atoms with Gasteiger partial charge >= 0.3 is 0 Å². The molecule has 20 heavy (non-hydrogen) atoms. The number of aromatic amines is 1. The number of H-pyrrole nitrogens is 1. The quantitative estimate of drug-likeness (QED) is 0.811. The predicted octanol–water partition coefficient (Wildman–Crippen LogP) is 3.10. The number of benzene rings is 1. The summed E-state index contributed by atoms with van der Waals surface area (Å²) < 4.78 is 1.00. The van der Waals surface area contributed by atoms with E-state index in [1.54, 1.807) is 0 Å². The number of nitrogens with one attached hydrogen (secondary N) is 2. The van der Waals surface area contributed by atoms with Crippen LogP contribution in [0.3, 0.4) is 0 Å². The SMILES string of the molecule is CCNCc1ccc(Sc2nc(C)cc(=O)[nH]2)c(Br)c1. The Bertz CT molecular complexity index is 657. The number of nitrogens with zero attached hydrogens (tertiary/aromatic N) is 1. The summed E-state index contributed by atoms with van der Waals surface area (Å²) in [5.41, 5.74) is 1.81. The fraction of sp³-hybridized carbons (Fsp3) is 0.286. The maximum absolute atomic E-state index is 11.4. The molecule has 6 heteroatoms. The maximum atomic E-state index is 11.4. The monoisotopic (exact) mass is 353 g/mol.